The average molecular weight is 256 g/mol. The van der Waals surface area contributed by atoms with Gasteiger partial charge in [-0.2, -0.15) is 0 Å². The molecule has 1 aromatic heterocycles. The van der Waals surface area contributed by atoms with Gasteiger partial charge in [0.05, 0.1) is 0 Å². The lowest BCUT2D eigenvalue weighted by molar-refractivity contribution is 0.462. The lowest BCUT2D eigenvalue weighted by Gasteiger charge is -2.07. The van der Waals surface area contributed by atoms with Gasteiger partial charge in [0.1, 0.15) is 5.75 Å². The molecule has 2 rings (SSSR count). The fourth-order valence-electron chi connectivity index (χ4n) is 1.78. The molecule has 0 spiro atoms. The van der Waals surface area contributed by atoms with Gasteiger partial charge in [-0.25, -0.2) is 4.98 Å². The second-order valence-corrected chi connectivity index (χ2v) is 4.60. The number of hydrogen-bond donors (Lipinski definition) is 1. The van der Waals surface area contributed by atoms with Gasteiger partial charge in [-0.05, 0) is 43.1 Å². The van der Waals surface area contributed by atoms with Crippen LogP contribution in [0.1, 0.15) is 24.5 Å². The van der Waals surface area contributed by atoms with E-state index in [-0.39, 0.29) is 0 Å². The predicted octanol–water partition coefficient (Wildman–Crippen LogP) is 3.68. The summed E-state index contributed by atoms with van der Waals surface area (Å²) in [6.07, 6.45) is 3.00. The lowest BCUT2D eigenvalue weighted by Crippen LogP contribution is -2.13. The fraction of sp³-hybridized carbons (Fsp3) is 0.312. The summed E-state index contributed by atoms with van der Waals surface area (Å²) in [5.41, 5.74) is 2.35. The van der Waals surface area contributed by atoms with E-state index in [9.17, 15) is 0 Å². The second kappa shape index (κ2) is 6.90. The molecule has 100 valence electrons. The smallest absolute Gasteiger partial charge is 0.219 e. The third-order valence-corrected chi connectivity index (χ3v) is 2.77. The first-order chi connectivity index (χ1) is 9.28. The molecule has 19 heavy (non-hydrogen) atoms. The summed E-state index contributed by atoms with van der Waals surface area (Å²) >= 11 is 0. The van der Waals surface area contributed by atoms with Gasteiger partial charge in [0.15, 0.2) is 0 Å². The van der Waals surface area contributed by atoms with Crippen molar-refractivity contribution >= 4 is 0 Å². The van der Waals surface area contributed by atoms with Crippen molar-refractivity contribution in [2.45, 2.75) is 26.8 Å². The summed E-state index contributed by atoms with van der Waals surface area (Å²) in [6, 6.07) is 11.9. The molecule has 0 fully saturated rings. The Labute approximate surface area is 114 Å². The van der Waals surface area contributed by atoms with E-state index in [4.69, 9.17) is 4.74 Å². The summed E-state index contributed by atoms with van der Waals surface area (Å²) in [5, 5.41) is 3.35. The Hall–Kier alpha value is -1.87. The average Bonchev–Trinajstić information content (AvgIpc) is 2.41. The number of aromatic nitrogens is 1. The molecule has 0 saturated carbocycles. The summed E-state index contributed by atoms with van der Waals surface area (Å²) in [5.74, 6) is 1.45. The number of aryl methyl sites for hydroxylation is 1. The maximum atomic E-state index is 5.71. The minimum Gasteiger partial charge on any atom is -0.439 e. The number of rotatable bonds is 6. The number of nitrogens with zero attached hydrogens (tertiary/aromatic N) is 1. The first-order valence-corrected chi connectivity index (χ1v) is 6.68. The maximum Gasteiger partial charge on any atom is 0.219 e. The first kappa shape index (κ1) is 13.6. The molecule has 0 saturated heterocycles. The third-order valence-electron chi connectivity index (χ3n) is 2.77. The van der Waals surface area contributed by atoms with Crippen LogP contribution in [0.15, 0.2) is 42.6 Å². The minimum atomic E-state index is 0.629. The maximum absolute atomic E-state index is 5.71. The van der Waals surface area contributed by atoms with Gasteiger partial charge in [0.25, 0.3) is 0 Å². The largest absolute Gasteiger partial charge is 0.439 e. The highest BCUT2D eigenvalue weighted by Gasteiger charge is 1.99. The molecule has 2 aromatic rings. The molecule has 0 aliphatic heterocycles. The van der Waals surface area contributed by atoms with E-state index in [0.717, 1.165) is 25.3 Å². The zero-order valence-corrected chi connectivity index (χ0v) is 11.5. The number of hydrogen-bond acceptors (Lipinski definition) is 3. The zero-order valence-electron chi connectivity index (χ0n) is 11.5. The van der Waals surface area contributed by atoms with E-state index in [0.29, 0.717) is 5.88 Å². The van der Waals surface area contributed by atoms with E-state index >= 15 is 0 Å². The van der Waals surface area contributed by atoms with Crippen LogP contribution in [0.25, 0.3) is 0 Å². The Bertz CT molecular complexity index is 508. The van der Waals surface area contributed by atoms with Crippen LogP contribution in [-0.2, 0) is 6.54 Å². The highest BCUT2D eigenvalue weighted by molar-refractivity contribution is 5.31. The molecule has 1 aromatic carbocycles. The molecule has 0 aliphatic carbocycles. The Balaban J connectivity index is 1.95. The SMILES string of the molecule is CCCNCc1ccc(Oc2cccc(C)c2)nc1. The van der Waals surface area contributed by atoms with E-state index in [1.54, 1.807) is 0 Å². The van der Waals surface area contributed by atoms with Crippen molar-refractivity contribution in [3.05, 3.63) is 53.7 Å². The van der Waals surface area contributed by atoms with Gasteiger partial charge in [0, 0.05) is 18.8 Å². The topological polar surface area (TPSA) is 34.1 Å². The van der Waals surface area contributed by atoms with Crippen LogP contribution in [0.4, 0.5) is 0 Å². The Morgan fingerprint density at radius 3 is 2.79 bits per heavy atom. The number of pyridine rings is 1. The van der Waals surface area contributed by atoms with Gasteiger partial charge >= 0.3 is 0 Å². The van der Waals surface area contributed by atoms with Gasteiger partial charge in [-0.1, -0.05) is 25.1 Å². The molecule has 3 heteroatoms. The molecule has 1 N–H and O–H groups in total. The van der Waals surface area contributed by atoms with Crippen molar-refractivity contribution < 1.29 is 4.74 Å². The van der Waals surface area contributed by atoms with Crippen LogP contribution in [0.5, 0.6) is 11.6 Å². The molecule has 0 radical (unpaired) electrons. The van der Waals surface area contributed by atoms with E-state index in [1.165, 1.54) is 11.1 Å². The molecule has 0 bridgehead atoms. The standard InChI is InChI=1S/C16H20N2O/c1-3-9-17-11-14-7-8-16(18-12-14)19-15-6-4-5-13(2)10-15/h4-8,10,12,17H,3,9,11H2,1-2H3. The summed E-state index contributed by atoms with van der Waals surface area (Å²) < 4.78 is 5.71. The van der Waals surface area contributed by atoms with Crippen molar-refractivity contribution in [3.8, 4) is 11.6 Å². The predicted molar refractivity (Wildman–Crippen MR) is 77.5 cm³/mol. The molecular formula is C16H20N2O. The molecule has 0 aliphatic rings. The van der Waals surface area contributed by atoms with Crippen LogP contribution in [0.2, 0.25) is 0 Å². The Morgan fingerprint density at radius 2 is 2.11 bits per heavy atom. The molecular weight excluding hydrogens is 236 g/mol. The highest BCUT2D eigenvalue weighted by Crippen LogP contribution is 2.20. The highest BCUT2D eigenvalue weighted by atomic mass is 16.5. The van der Waals surface area contributed by atoms with Crippen molar-refractivity contribution in [3.63, 3.8) is 0 Å². The zero-order chi connectivity index (χ0) is 13.5. The Kier molecular flexibility index (Phi) is 4.93. The third kappa shape index (κ3) is 4.38. The van der Waals surface area contributed by atoms with Crippen molar-refractivity contribution in [2.75, 3.05) is 6.54 Å². The molecule has 1 heterocycles. The minimum absolute atomic E-state index is 0.629. The van der Waals surface area contributed by atoms with Gasteiger partial charge < -0.3 is 10.1 Å². The number of ether oxygens (including phenoxy) is 1. The van der Waals surface area contributed by atoms with Crippen LogP contribution < -0.4 is 10.1 Å². The van der Waals surface area contributed by atoms with Gasteiger partial charge in [-0.15, -0.1) is 0 Å². The van der Waals surface area contributed by atoms with E-state index < -0.39 is 0 Å². The summed E-state index contributed by atoms with van der Waals surface area (Å²) in [7, 11) is 0. The van der Waals surface area contributed by atoms with Crippen LogP contribution in [0, 0.1) is 6.92 Å². The van der Waals surface area contributed by atoms with E-state index in [1.807, 2.05) is 49.5 Å². The number of benzene rings is 1. The normalized spacial score (nSPS) is 10.4. The van der Waals surface area contributed by atoms with Crippen molar-refractivity contribution in [1.82, 2.24) is 10.3 Å². The summed E-state index contributed by atoms with van der Waals surface area (Å²) in [4.78, 5) is 4.32. The lowest BCUT2D eigenvalue weighted by atomic mass is 10.2. The molecule has 0 amide bonds. The van der Waals surface area contributed by atoms with Gasteiger partial charge in [0.2, 0.25) is 5.88 Å². The fourth-order valence-corrected chi connectivity index (χ4v) is 1.78. The first-order valence-electron chi connectivity index (χ1n) is 6.68. The quantitative estimate of drug-likeness (QED) is 0.800. The second-order valence-electron chi connectivity index (χ2n) is 4.60. The van der Waals surface area contributed by atoms with Crippen LogP contribution in [0.3, 0.4) is 0 Å². The number of nitrogens with one attached hydrogen (secondary N) is 1. The molecule has 0 atom stereocenters. The summed E-state index contributed by atoms with van der Waals surface area (Å²) in [6.45, 7) is 6.08. The molecule has 3 nitrogen and oxygen atoms in total. The Morgan fingerprint density at radius 1 is 1.21 bits per heavy atom. The van der Waals surface area contributed by atoms with Crippen molar-refractivity contribution in [1.29, 1.82) is 0 Å². The van der Waals surface area contributed by atoms with Crippen LogP contribution in [-0.4, -0.2) is 11.5 Å². The van der Waals surface area contributed by atoms with Gasteiger partial charge in [-0.3, -0.25) is 0 Å². The van der Waals surface area contributed by atoms with Crippen molar-refractivity contribution in [2.24, 2.45) is 0 Å². The van der Waals surface area contributed by atoms with E-state index in [2.05, 4.69) is 17.2 Å². The van der Waals surface area contributed by atoms with Crippen LogP contribution >= 0.6 is 0 Å². The molecule has 0 unspecified atom stereocenters. The monoisotopic (exact) mass is 256 g/mol.